The number of nitrogens with zero attached hydrogens (tertiary/aromatic N) is 1. The smallest absolute Gasteiger partial charge is 0.323 e. The van der Waals surface area contributed by atoms with Crippen LogP contribution in [0.4, 0.5) is 0 Å². The fraction of sp³-hybridized carbons (Fsp3) is 0. The summed E-state index contributed by atoms with van der Waals surface area (Å²) in [4.78, 5) is 3.28. The minimum Gasteiger partial charge on any atom is -0.323 e. The van der Waals surface area contributed by atoms with Crippen LogP contribution < -0.4 is 0 Å². The lowest BCUT2D eigenvalue weighted by Gasteiger charge is -1.70. The lowest BCUT2D eigenvalue weighted by molar-refractivity contribution is -0.00688. The molecule has 1 heterocycles. The Labute approximate surface area is 24.5 Å². The normalized spacial score (nSPS) is 8.00. The minimum absolute atomic E-state index is 0.134. The van der Waals surface area contributed by atoms with Crippen molar-refractivity contribution >= 4 is 9.55 Å². The molecular formula is HNO2Si. The van der Waals surface area contributed by atoms with Crippen molar-refractivity contribution < 1.29 is 8.94 Å². The van der Waals surface area contributed by atoms with Crippen molar-refractivity contribution in [3.05, 3.63) is 0 Å². The number of aromatic nitrogens is 1. The van der Waals surface area contributed by atoms with Crippen molar-refractivity contribution in [2.45, 2.75) is 0 Å². The van der Waals surface area contributed by atoms with E-state index in [4.69, 9.17) is 0 Å². The third kappa shape index (κ3) is 0.0470. The van der Waals surface area contributed by atoms with E-state index in [-0.39, 0.29) is 9.55 Å². The maximum atomic E-state index is 4.14. The second-order valence-corrected chi connectivity index (χ2v) is 0.996. The van der Waals surface area contributed by atoms with Gasteiger partial charge in [-0.3, -0.25) is 0 Å². The van der Waals surface area contributed by atoms with Gasteiger partial charge in [0.15, 0.2) is 0 Å². The zero-order chi connectivity index (χ0) is 2.83. The van der Waals surface area contributed by atoms with Crippen LogP contribution in [-0.2, 0) is 0 Å². The lowest BCUT2D eigenvalue weighted by Crippen LogP contribution is -1.77. The zero-order valence-electron chi connectivity index (χ0n) is 1.84. The Morgan fingerprint density at radius 2 is 2.00 bits per heavy atom. The zero-order valence-corrected chi connectivity index (χ0v) is 3.00. The Bertz CT molecular complexity index is 47.8. The van der Waals surface area contributed by atoms with Crippen LogP contribution in [0.3, 0.4) is 0 Å². The molecule has 0 aromatic carbocycles. The summed E-state index contributed by atoms with van der Waals surface area (Å²) >= 11 is 0. The number of hydrogen-bond donors (Lipinski definition) is 0. The van der Waals surface area contributed by atoms with Crippen LogP contribution in [0.25, 0.3) is 0 Å². The van der Waals surface area contributed by atoms with Crippen LogP contribution in [0.15, 0.2) is 8.94 Å². The molecule has 0 spiro atoms. The van der Waals surface area contributed by atoms with E-state index in [1.807, 2.05) is 0 Å². The molecule has 0 fully saturated rings. The van der Waals surface area contributed by atoms with Gasteiger partial charge in [-0.2, -0.15) is 4.68 Å². The summed E-state index contributed by atoms with van der Waals surface area (Å²) in [6.45, 7) is 0. The number of hydrogen-bond acceptors (Lipinski definition) is 3. The highest BCUT2D eigenvalue weighted by molar-refractivity contribution is 6.08. The molecule has 1 aromatic heterocycles. The van der Waals surface area contributed by atoms with Crippen LogP contribution in [0.1, 0.15) is 0 Å². The SMILES string of the molecule is n1oo[siH]1. The van der Waals surface area contributed by atoms with Crippen LogP contribution in [0.5, 0.6) is 0 Å². The molecule has 0 bridgehead atoms. The van der Waals surface area contributed by atoms with Crippen molar-refractivity contribution in [2.75, 3.05) is 0 Å². The maximum absolute atomic E-state index is 4.14. The molecular weight excluding hydrogens is 74.1 g/mol. The van der Waals surface area contributed by atoms with E-state index >= 15 is 0 Å². The van der Waals surface area contributed by atoms with E-state index in [9.17, 15) is 0 Å². The Balaban J connectivity index is 3.00. The monoisotopic (exact) mass is 75.0 g/mol. The van der Waals surface area contributed by atoms with Gasteiger partial charge in [0.1, 0.15) is 0 Å². The maximum Gasteiger partial charge on any atom is 0.457 e. The quantitative estimate of drug-likeness (QED) is 0.303. The molecule has 22 valence electrons. The van der Waals surface area contributed by atoms with Gasteiger partial charge in [-0.1, -0.05) is 4.81 Å². The van der Waals surface area contributed by atoms with Gasteiger partial charge in [0.2, 0.25) is 0 Å². The van der Waals surface area contributed by atoms with Crippen LogP contribution in [-0.4, -0.2) is 14.4 Å². The summed E-state index contributed by atoms with van der Waals surface area (Å²) in [7, 11) is -0.134. The van der Waals surface area contributed by atoms with Gasteiger partial charge in [-0.25, -0.2) is 0 Å². The van der Waals surface area contributed by atoms with E-state index in [1.165, 1.54) is 0 Å². The summed E-state index contributed by atoms with van der Waals surface area (Å²) in [6.07, 6.45) is 0. The Hall–Kier alpha value is -0.383. The number of rotatable bonds is 0. The molecule has 1 rings (SSSR count). The first kappa shape index (κ1) is 1.89. The van der Waals surface area contributed by atoms with E-state index in [0.29, 0.717) is 0 Å². The highest BCUT2D eigenvalue weighted by Crippen LogP contribution is 1.57. The van der Waals surface area contributed by atoms with Crippen molar-refractivity contribution in [2.24, 2.45) is 0 Å². The summed E-state index contributed by atoms with van der Waals surface area (Å²) in [6, 6.07) is 0. The fourth-order valence-corrected chi connectivity index (χ4v) is 0.129. The molecule has 0 radical (unpaired) electrons. The van der Waals surface area contributed by atoms with E-state index in [2.05, 4.69) is 13.7 Å². The van der Waals surface area contributed by atoms with Crippen LogP contribution >= 0.6 is 0 Å². The third-order valence-electron chi connectivity index (χ3n) is 0.172. The molecule has 0 atom stereocenters. The van der Waals surface area contributed by atoms with Gasteiger partial charge in [-0.05, 0) is 0 Å². The molecule has 0 N–H and O–H groups in total. The Kier molecular flexibility index (Phi) is 0.248. The highest BCUT2D eigenvalue weighted by atomic mass is 28.2. The van der Waals surface area contributed by atoms with Crippen LogP contribution in [0, 0.1) is 0 Å². The van der Waals surface area contributed by atoms with Gasteiger partial charge in [0.05, 0.1) is 0 Å². The van der Waals surface area contributed by atoms with Gasteiger partial charge in [0.25, 0.3) is 0 Å². The van der Waals surface area contributed by atoms with Crippen molar-refractivity contribution in [3.8, 4) is 0 Å². The van der Waals surface area contributed by atoms with Gasteiger partial charge in [-0.15, -0.1) is 0 Å². The topological polar surface area (TPSA) is 39.2 Å². The molecule has 4 heavy (non-hydrogen) atoms. The van der Waals surface area contributed by atoms with Gasteiger partial charge in [0, 0.05) is 0 Å². The molecule has 1 aromatic rings. The molecule has 0 aliphatic heterocycles. The second kappa shape index (κ2) is 0.523. The van der Waals surface area contributed by atoms with Gasteiger partial charge < -0.3 is 4.26 Å². The average molecular weight is 75.1 g/mol. The first-order chi connectivity index (χ1) is 2.00. The molecule has 0 saturated heterocycles. The summed E-state index contributed by atoms with van der Waals surface area (Å²) in [5, 5.41) is 0. The standard InChI is InChI=1S/HNO2Si/c1-2-3-4-1/h4H. The lowest BCUT2D eigenvalue weighted by atomic mass is 13.6. The summed E-state index contributed by atoms with van der Waals surface area (Å²) in [5.41, 5.74) is 0. The molecule has 0 aliphatic carbocycles. The summed E-state index contributed by atoms with van der Waals surface area (Å²) < 4.78 is 8.02. The van der Waals surface area contributed by atoms with E-state index in [1.54, 1.807) is 0 Å². The second-order valence-electron chi connectivity index (χ2n) is 0.382. The van der Waals surface area contributed by atoms with Crippen molar-refractivity contribution in [1.82, 2.24) is 4.81 Å². The first-order valence-electron chi connectivity index (χ1n) is 0.843. The van der Waals surface area contributed by atoms with Crippen molar-refractivity contribution in [1.29, 1.82) is 0 Å². The average Bonchev–Trinajstić information content (AvgIpc) is 0.722. The predicted octanol–water partition coefficient (Wildman–Crippen LogP) is -0.662. The largest absolute Gasteiger partial charge is 0.457 e. The van der Waals surface area contributed by atoms with E-state index < -0.39 is 0 Å². The van der Waals surface area contributed by atoms with Gasteiger partial charge >= 0.3 is 9.55 Å². The molecule has 3 nitrogen and oxygen atoms in total. The Morgan fingerprint density at radius 3 is 2.00 bits per heavy atom. The Morgan fingerprint density at radius 1 is 1.75 bits per heavy atom. The molecule has 0 saturated carbocycles. The molecule has 0 aliphatic rings. The van der Waals surface area contributed by atoms with Crippen molar-refractivity contribution in [3.63, 3.8) is 0 Å². The first-order valence-corrected chi connectivity index (χ1v) is 1.83. The highest BCUT2D eigenvalue weighted by Gasteiger charge is 1.66. The predicted molar refractivity (Wildman–Crippen MR) is 11.5 cm³/mol. The minimum atomic E-state index is -0.134. The van der Waals surface area contributed by atoms with Crippen LogP contribution in [0.2, 0.25) is 0 Å². The third-order valence-corrected chi connectivity index (χ3v) is 0.516. The summed E-state index contributed by atoms with van der Waals surface area (Å²) in [5.74, 6) is 0. The fourth-order valence-electron chi connectivity index (χ4n) is 0.0430. The molecule has 0 amide bonds. The molecule has 4 heteroatoms. The van der Waals surface area contributed by atoms with E-state index in [0.717, 1.165) is 0 Å². The molecule has 0 unspecified atom stereocenters.